The van der Waals surface area contributed by atoms with Crippen LogP contribution in [0.3, 0.4) is 0 Å². The predicted octanol–water partition coefficient (Wildman–Crippen LogP) is 4.29. The maximum Gasteiger partial charge on any atom is 0.268 e. The van der Waals surface area contributed by atoms with Crippen LogP contribution >= 0.6 is 0 Å². The van der Waals surface area contributed by atoms with Crippen LogP contribution in [0.4, 0.5) is 0 Å². The van der Waals surface area contributed by atoms with E-state index in [0.29, 0.717) is 54.7 Å². The molecule has 9 nitrogen and oxygen atoms in total. The molecular weight excluding hydrogens is 500 g/mol. The molecule has 1 saturated carbocycles. The minimum absolute atomic E-state index is 0.0563. The molecule has 2 aromatic rings. The highest BCUT2D eigenvalue weighted by molar-refractivity contribution is 5.91. The number of ether oxygens (including phenoxy) is 5. The van der Waals surface area contributed by atoms with Gasteiger partial charge in [-0.1, -0.05) is 37.5 Å². The molecule has 39 heavy (non-hydrogen) atoms. The fourth-order valence-corrected chi connectivity index (χ4v) is 5.20. The van der Waals surface area contributed by atoms with Gasteiger partial charge in [0.15, 0.2) is 23.0 Å². The number of hydrogen-bond acceptors (Lipinski definition) is 7. The van der Waals surface area contributed by atoms with E-state index in [0.717, 1.165) is 25.7 Å². The minimum Gasteiger partial charge on any atom is -0.493 e. The zero-order valence-corrected chi connectivity index (χ0v) is 23.1. The van der Waals surface area contributed by atoms with Crippen LogP contribution in [-0.4, -0.2) is 69.4 Å². The lowest BCUT2D eigenvalue weighted by molar-refractivity contribution is -0.149. The molecule has 0 saturated heterocycles. The number of nitrogens with one attached hydrogen (secondary N) is 1. The Kier molecular flexibility index (Phi) is 10.3. The van der Waals surface area contributed by atoms with Crippen molar-refractivity contribution in [3.63, 3.8) is 0 Å². The van der Waals surface area contributed by atoms with Gasteiger partial charge in [0.25, 0.3) is 5.91 Å². The zero-order chi connectivity index (χ0) is 27.6. The van der Waals surface area contributed by atoms with Gasteiger partial charge >= 0.3 is 0 Å². The number of hydrogen-bond donors (Lipinski definition) is 1. The number of rotatable bonds is 12. The lowest BCUT2D eigenvalue weighted by Crippen LogP contribution is -2.52. The van der Waals surface area contributed by atoms with E-state index in [1.165, 1.54) is 6.42 Å². The number of carbonyl (C=O) groups excluding carboxylic acids is 2. The van der Waals surface area contributed by atoms with Gasteiger partial charge in [-0.15, -0.1) is 0 Å². The molecular formula is C30H40N2O7. The van der Waals surface area contributed by atoms with Crippen molar-refractivity contribution in [3.8, 4) is 23.0 Å². The van der Waals surface area contributed by atoms with Crippen LogP contribution in [0.1, 0.15) is 57.1 Å². The second kappa shape index (κ2) is 14.1. The van der Waals surface area contributed by atoms with Crippen molar-refractivity contribution in [1.82, 2.24) is 10.2 Å². The van der Waals surface area contributed by atoms with E-state index >= 15 is 0 Å². The molecule has 1 heterocycles. The zero-order valence-electron chi connectivity index (χ0n) is 23.1. The van der Waals surface area contributed by atoms with E-state index < -0.39 is 12.1 Å². The van der Waals surface area contributed by atoms with E-state index in [1.807, 2.05) is 25.1 Å². The Morgan fingerprint density at radius 1 is 1.03 bits per heavy atom. The third-order valence-corrected chi connectivity index (χ3v) is 7.19. The average molecular weight is 541 g/mol. The van der Waals surface area contributed by atoms with Crippen LogP contribution in [0.15, 0.2) is 42.5 Å². The highest BCUT2D eigenvalue weighted by Gasteiger charge is 2.39. The Labute approximate surface area is 230 Å². The third kappa shape index (κ3) is 7.15. The molecule has 2 amide bonds. The fraction of sp³-hybridized carbons (Fsp3) is 0.533. The van der Waals surface area contributed by atoms with Crippen LogP contribution in [0.5, 0.6) is 23.0 Å². The first-order chi connectivity index (χ1) is 19.0. The van der Waals surface area contributed by atoms with Crippen LogP contribution in [-0.2, 0) is 14.3 Å². The van der Waals surface area contributed by atoms with Crippen LogP contribution in [0, 0.1) is 0 Å². The van der Waals surface area contributed by atoms with Crippen molar-refractivity contribution in [2.75, 3.05) is 40.6 Å². The number of para-hydroxylation sites is 2. The molecule has 212 valence electrons. The summed E-state index contributed by atoms with van der Waals surface area (Å²) >= 11 is 0. The first kappa shape index (κ1) is 28.5. The minimum atomic E-state index is -0.901. The molecule has 9 heteroatoms. The third-order valence-electron chi connectivity index (χ3n) is 7.19. The van der Waals surface area contributed by atoms with Crippen molar-refractivity contribution in [2.24, 2.45) is 0 Å². The summed E-state index contributed by atoms with van der Waals surface area (Å²) in [5, 5.41) is 3.23. The topological polar surface area (TPSA) is 95.6 Å². The van der Waals surface area contributed by atoms with E-state index in [-0.39, 0.29) is 24.5 Å². The number of nitrogens with zero attached hydrogens (tertiary/aromatic N) is 1. The van der Waals surface area contributed by atoms with Crippen LogP contribution in [0.25, 0.3) is 0 Å². The van der Waals surface area contributed by atoms with Crippen LogP contribution in [0.2, 0.25) is 0 Å². The smallest absolute Gasteiger partial charge is 0.268 e. The number of methoxy groups -OCH3 is 2. The Hall–Kier alpha value is -3.46. The van der Waals surface area contributed by atoms with Gasteiger partial charge in [0.2, 0.25) is 12.0 Å². The highest BCUT2D eigenvalue weighted by Crippen LogP contribution is 2.35. The SMILES string of the molecule is CCOCCCN(C(=O)[C@H]1COc2ccccc2O1)[C@@H](C(=O)NC1CCCCC1)c1ccc(OC)c(OC)c1. The lowest BCUT2D eigenvalue weighted by Gasteiger charge is -2.36. The van der Waals surface area contributed by atoms with Gasteiger partial charge in [0.1, 0.15) is 12.6 Å². The standard InChI is InChI=1S/C30H40N2O7/c1-4-37-18-10-17-32(30(34)27-20-38-24-13-8-9-14-25(24)39-27)28(29(33)31-22-11-6-5-7-12-22)21-15-16-23(35-2)26(19-21)36-3/h8-9,13-16,19,22,27-28H,4-7,10-12,17-18,20H2,1-3H3,(H,31,33)/t27-,28-/m1/s1. The molecule has 2 aliphatic rings. The van der Waals surface area contributed by atoms with Crippen molar-refractivity contribution < 1.29 is 33.3 Å². The second-order valence-corrected chi connectivity index (χ2v) is 9.81. The predicted molar refractivity (Wildman–Crippen MR) is 146 cm³/mol. The maximum absolute atomic E-state index is 14.1. The molecule has 4 rings (SSSR count). The Balaban J connectivity index is 1.68. The van der Waals surface area contributed by atoms with E-state index in [4.69, 9.17) is 23.7 Å². The summed E-state index contributed by atoms with van der Waals surface area (Å²) in [6.07, 6.45) is 4.86. The second-order valence-electron chi connectivity index (χ2n) is 9.81. The lowest BCUT2D eigenvalue weighted by atomic mass is 9.94. The van der Waals surface area contributed by atoms with Gasteiger partial charge in [-0.3, -0.25) is 9.59 Å². The molecule has 0 unspecified atom stereocenters. The molecule has 0 aromatic heterocycles. The summed E-state index contributed by atoms with van der Waals surface area (Å²) in [7, 11) is 3.11. The molecule has 1 aliphatic carbocycles. The number of amides is 2. The molecule has 2 aromatic carbocycles. The van der Waals surface area contributed by atoms with Crippen molar-refractivity contribution >= 4 is 11.8 Å². The van der Waals surface area contributed by atoms with Gasteiger partial charge in [-0.05, 0) is 56.0 Å². The summed E-state index contributed by atoms with van der Waals surface area (Å²) in [6.45, 7) is 3.33. The molecule has 0 spiro atoms. The average Bonchev–Trinajstić information content (AvgIpc) is 2.98. The first-order valence-electron chi connectivity index (χ1n) is 13.8. The maximum atomic E-state index is 14.1. The molecule has 0 radical (unpaired) electrons. The monoisotopic (exact) mass is 540 g/mol. The fourth-order valence-electron chi connectivity index (χ4n) is 5.20. The summed E-state index contributed by atoms with van der Waals surface area (Å²) in [5.41, 5.74) is 0.628. The summed E-state index contributed by atoms with van der Waals surface area (Å²) in [5.74, 6) is 1.58. The molecule has 0 bridgehead atoms. The van der Waals surface area contributed by atoms with E-state index in [2.05, 4.69) is 5.32 Å². The molecule has 1 fully saturated rings. The van der Waals surface area contributed by atoms with Gasteiger partial charge in [-0.2, -0.15) is 0 Å². The normalized spacial score (nSPS) is 17.7. The van der Waals surface area contributed by atoms with Crippen molar-refractivity contribution in [1.29, 1.82) is 0 Å². The Morgan fingerprint density at radius 2 is 1.77 bits per heavy atom. The largest absolute Gasteiger partial charge is 0.493 e. The van der Waals surface area contributed by atoms with Gasteiger partial charge < -0.3 is 33.9 Å². The Morgan fingerprint density at radius 3 is 2.49 bits per heavy atom. The summed E-state index contributed by atoms with van der Waals surface area (Å²) in [6, 6.07) is 11.8. The molecule has 1 aliphatic heterocycles. The molecule has 2 atom stereocenters. The van der Waals surface area contributed by atoms with Gasteiger partial charge in [0.05, 0.1) is 14.2 Å². The number of benzene rings is 2. The summed E-state index contributed by atoms with van der Waals surface area (Å²) in [4.78, 5) is 29.7. The van der Waals surface area contributed by atoms with Crippen molar-refractivity contribution in [2.45, 2.75) is 63.6 Å². The van der Waals surface area contributed by atoms with E-state index in [1.54, 1.807) is 43.4 Å². The molecule has 1 N–H and O–H groups in total. The van der Waals surface area contributed by atoms with Crippen LogP contribution < -0.4 is 24.3 Å². The van der Waals surface area contributed by atoms with Gasteiger partial charge in [0, 0.05) is 25.8 Å². The number of carbonyl (C=O) groups is 2. The number of fused-ring (bicyclic) bond motifs is 1. The van der Waals surface area contributed by atoms with E-state index in [9.17, 15) is 9.59 Å². The first-order valence-corrected chi connectivity index (χ1v) is 13.8. The van der Waals surface area contributed by atoms with Crippen molar-refractivity contribution in [3.05, 3.63) is 48.0 Å². The highest BCUT2D eigenvalue weighted by atomic mass is 16.6. The summed E-state index contributed by atoms with van der Waals surface area (Å²) < 4.78 is 28.4. The quantitative estimate of drug-likeness (QED) is 0.401. The van der Waals surface area contributed by atoms with Gasteiger partial charge in [-0.25, -0.2) is 0 Å². The Bertz CT molecular complexity index is 1100.